The number of hydrogen-bond acceptors (Lipinski definition) is 2. The third kappa shape index (κ3) is 2.49. The summed E-state index contributed by atoms with van der Waals surface area (Å²) in [5.74, 6) is 1.07. The lowest BCUT2D eigenvalue weighted by molar-refractivity contribution is 0.0846. The zero-order valence-electron chi connectivity index (χ0n) is 10.5. The molecule has 2 heteroatoms. The molecule has 2 nitrogen and oxygen atoms in total. The molecule has 1 aliphatic carbocycles. The van der Waals surface area contributed by atoms with Crippen molar-refractivity contribution in [3.8, 4) is 0 Å². The number of ether oxygens (including phenoxy) is 1. The molecule has 2 aliphatic rings. The Hall–Kier alpha value is -0.340. The van der Waals surface area contributed by atoms with E-state index < -0.39 is 0 Å². The van der Waals surface area contributed by atoms with Gasteiger partial charge in [-0.3, -0.25) is 0 Å². The van der Waals surface area contributed by atoms with E-state index in [9.17, 15) is 5.11 Å². The predicted molar refractivity (Wildman–Crippen MR) is 65.3 cm³/mol. The van der Waals surface area contributed by atoms with Gasteiger partial charge < -0.3 is 9.84 Å². The van der Waals surface area contributed by atoms with Crippen LogP contribution in [-0.2, 0) is 4.74 Å². The van der Waals surface area contributed by atoms with Crippen LogP contribution in [0.4, 0.5) is 0 Å². The molecule has 3 atom stereocenters. The smallest absolute Gasteiger partial charge is 0.0685 e. The molecule has 0 radical (unpaired) electrons. The zero-order chi connectivity index (χ0) is 11.5. The Morgan fingerprint density at radius 1 is 1.38 bits per heavy atom. The van der Waals surface area contributed by atoms with E-state index in [4.69, 9.17) is 4.74 Å². The minimum Gasteiger partial charge on any atom is -0.396 e. The molecule has 16 heavy (non-hydrogen) atoms. The molecule has 0 aromatic heterocycles. The van der Waals surface area contributed by atoms with E-state index in [-0.39, 0.29) is 6.61 Å². The van der Waals surface area contributed by atoms with E-state index in [1.807, 2.05) is 0 Å². The van der Waals surface area contributed by atoms with Gasteiger partial charge in [-0.2, -0.15) is 0 Å². The van der Waals surface area contributed by atoms with Crippen molar-refractivity contribution in [2.75, 3.05) is 13.2 Å². The number of hydrogen-bond donors (Lipinski definition) is 1. The largest absolute Gasteiger partial charge is 0.396 e. The topological polar surface area (TPSA) is 29.5 Å². The van der Waals surface area contributed by atoms with E-state index in [0.29, 0.717) is 12.0 Å². The van der Waals surface area contributed by atoms with Crippen LogP contribution in [0.15, 0.2) is 11.1 Å². The Balaban J connectivity index is 2.21. The van der Waals surface area contributed by atoms with Gasteiger partial charge in [-0.25, -0.2) is 0 Å². The fraction of sp³-hybridized carbons (Fsp3) is 0.857. The molecule has 1 saturated heterocycles. The van der Waals surface area contributed by atoms with Crippen LogP contribution >= 0.6 is 0 Å². The van der Waals surface area contributed by atoms with Crippen molar-refractivity contribution in [3.05, 3.63) is 11.1 Å². The maximum atomic E-state index is 9.32. The maximum absolute atomic E-state index is 9.32. The second-order valence-corrected chi connectivity index (χ2v) is 5.42. The zero-order valence-corrected chi connectivity index (χ0v) is 10.5. The van der Waals surface area contributed by atoms with E-state index >= 15 is 0 Å². The Morgan fingerprint density at radius 2 is 2.19 bits per heavy atom. The first-order valence-electron chi connectivity index (χ1n) is 6.66. The summed E-state index contributed by atoms with van der Waals surface area (Å²) in [6.45, 7) is 5.40. The van der Waals surface area contributed by atoms with E-state index in [1.54, 1.807) is 0 Å². The van der Waals surface area contributed by atoms with Crippen molar-refractivity contribution < 1.29 is 9.84 Å². The molecule has 0 amide bonds. The van der Waals surface area contributed by atoms with Gasteiger partial charge in [-0.1, -0.05) is 12.5 Å². The molecular weight excluding hydrogens is 200 g/mol. The predicted octanol–water partition coefficient (Wildman–Crippen LogP) is 2.91. The van der Waals surface area contributed by atoms with Gasteiger partial charge in [0, 0.05) is 12.5 Å². The molecule has 2 unspecified atom stereocenters. The van der Waals surface area contributed by atoms with Crippen molar-refractivity contribution in [2.45, 2.75) is 52.1 Å². The lowest BCUT2D eigenvalue weighted by Gasteiger charge is -2.29. The van der Waals surface area contributed by atoms with Crippen molar-refractivity contribution in [1.82, 2.24) is 0 Å². The molecule has 1 N–H and O–H groups in total. The van der Waals surface area contributed by atoms with Crippen molar-refractivity contribution in [2.24, 2.45) is 11.8 Å². The van der Waals surface area contributed by atoms with E-state index in [0.717, 1.165) is 12.5 Å². The molecular formula is C14H24O2. The van der Waals surface area contributed by atoms with Crippen LogP contribution in [0.1, 0.15) is 46.0 Å². The maximum Gasteiger partial charge on any atom is 0.0685 e. The Kier molecular flexibility index (Phi) is 4.04. The highest BCUT2D eigenvalue weighted by molar-refractivity contribution is 5.23. The Labute approximate surface area is 98.7 Å². The minimum atomic E-state index is 0.279. The van der Waals surface area contributed by atoms with Gasteiger partial charge in [0.15, 0.2) is 0 Å². The summed E-state index contributed by atoms with van der Waals surface area (Å²) in [6.07, 6.45) is 6.66. The van der Waals surface area contributed by atoms with Crippen LogP contribution in [0.3, 0.4) is 0 Å². The van der Waals surface area contributed by atoms with Gasteiger partial charge in [-0.15, -0.1) is 0 Å². The van der Waals surface area contributed by atoms with Gasteiger partial charge in [0.2, 0.25) is 0 Å². The molecule has 1 fully saturated rings. The fourth-order valence-electron chi connectivity index (χ4n) is 3.09. The van der Waals surface area contributed by atoms with Crippen LogP contribution in [0.25, 0.3) is 0 Å². The van der Waals surface area contributed by atoms with Crippen LogP contribution in [0, 0.1) is 11.8 Å². The number of rotatable bonds is 2. The number of fused-ring (bicyclic) bond motifs is 1. The first-order chi connectivity index (χ1) is 7.72. The first-order valence-corrected chi connectivity index (χ1v) is 6.66. The summed E-state index contributed by atoms with van der Waals surface area (Å²) >= 11 is 0. The van der Waals surface area contributed by atoms with Crippen LogP contribution < -0.4 is 0 Å². The lowest BCUT2D eigenvalue weighted by atomic mass is 9.77. The highest BCUT2D eigenvalue weighted by atomic mass is 16.5. The standard InChI is InChI=1S/C14H24O2/c1-10(8-15)13-5-3-4-12-7-6-11(2)16-9-14(12)13/h10-12,15H,3-9H2,1-2H3/t10-,11?,12?/m0/s1. The summed E-state index contributed by atoms with van der Waals surface area (Å²) in [5.41, 5.74) is 3.02. The summed E-state index contributed by atoms with van der Waals surface area (Å²) in [4.78, 5) is 0. The first kappa shape index (κ1) is 12.1. The second-order valence-electron chi connectivity index (χ2n) is 5.42. The fourth-order valence-corrected chi connectivity index (χ4v) is 3.09. The minimum absolute atomic E-state index is 0.279. The molecule has 0 aromatic rings. The van der Waals surface area contributed by atoms with Crippen molar-refractivity contribution in [3.63, 3.8) is 0 Å². The van der Waals surface area contributed by atoms with Gasteiger partial charge in [0.25, 0.3) is 0 Å². The molecule has 0 bridgehead atoms. The van der Waals surface area contributed by atoms with Crippen LogP contribution in [0.5, 0.6) is 0 Å². The highest BCUT2D eigenvalue weighted by Gasteiger charge is 2.28. The van der Waals surface area contributed by atoms with Gasteiger partial charge >= 0.3 is 0 Å². The second kappa shape index (κ2) is 5.33. The van der Waals surface area contributed by atoms with Crippen molar-refractivity contribution in [1.29, 1.82) is 0 Å². The molecule has 1 aliphatic heterocycles. The summed E-state index contributed by atoms with van der Waals surface area (Å²) < 4.78 is 5.86. The van der Waals surface area contributed by atoms with Crippen molar-refractivity contribution >= 4 is 0 Å². The quantitative estimate of drug-likeness (QED) is 0.731. The Morgan fingerprint density at radius 3 is 2.94 bits per heavy atom. The lowest BCUT2D eigenvalue weighted by Crippen LogP contribution is -2.19. The van der Waals surface area contributed by atoms with Gasteiger partial charge in [0.05, 0.1) is 12.7 Å². The number of aliphatic hydroxyl groups is 1. The molecule has 1 heterocycles. The van der Waals surface area contributed by atoms with Gasteiger partial charge in [0.1, 0.15) is 0 Å². The highest BCUT2D eigenvalue weighted by Crippen LogP contribution is 2.38. The van der Waals surface area contributed by atoms with Crippen LogP contribution in [0.2, 0.25) is 0 Å². The third-order valence-corrected chi connectivity index (χ3v) is 4.22. The monoisotopic (exact) mass is 224 g/mol. The molecule has 0 saturated carbocycles. The average Bonchev–Trinajstić information content (AvgIpc) is 2.50. The normalized spacial score (nSPS) is 33.2. The SMILES string of the molecule is CC1CCC2CCCC([C@@H](C)CO)=C2CO1. The molecule has 0 aromatic carbocycles. The molecule has 2 rings (SSSR count). The van der Waals surface area contributed by atoms with E-state index in [1.165, 1.54) is 43.3 Å². The molecule has 92 valence electrons. The molecule has 0 spiro atoms. The third-order valence-electron chi connectivity index (χ3n) is 4.22. The van der Waals surface area contributed by atoms with E-state index in [2.05, 4.69) is 13.8 Å². The Bertz CT molecular complexity index is 270. The summed E-state index contributed by atoms with van der Waals surface area (Å²) in [5, 5.41) is 9.32. The number of aliphatic hydroxyl groups excluding tert-OH is 1. The summed E-state index contributed by atoms with van der Waals surface area (Å²) in [7, 11) is 0. The summed E-state index contributed by atoms with van der Waals surface area (Å²) in [6, 6.07) is 0. The average molecular weight is 224 g/mol. The van der Waals surface area contributed by atoms with Crippen LogP contribution in [-0.4, -0.2) is 24.4 Å². The van der Waals surface area contributed by atoms with Gasteiger partial charge in [-0.05, 0) is 50.5 Å².